The SMILES string of the molecule is CC(C)(C)OC(=O)N1CCCC[C@@H]1C(=O)c1cnccc1OC1CC1. The fourth-order valence-corrected chi connectivity index (χ4v) is 2.96. The summed E-state index contributed by atoms with van der Waals surface area (Å²) in [6.07, 6.45) is 7.39. The number of ether oxygens (including phenoxy) is 2. The van der Waals surface area contributed by atoms with Crippen LogP contribution in [-0.2, 0) is 4.74 Å². The first-order chi connectivity index (χ1) is 11.8. The lowest BCUT2D eigenvalue weighted by atomic mass is 9.95. The Morgan fingerprint density at radius 3 is 2.64 bits per heavy atom. The molecule has 6 nitrogen and oxygen atoms in total. The van der Waals surface area contributed by atoms with Crippen LogP contribution in [-0.4, -0.2) is 46.1 Å². The monoisotopic (exact) mass is 346 g/mol. The highest BCUT2D eigenvalue weighted by molar-refractivity contribution is 6.03. The highest BCUT2D eigenvalue weighted by Gasteiger charge is 2.36. The quantitative estimate of drug-likeness (QED) is 0.779. The second-order valence-electron chi connectivity index (χ2n) is 7.74. The molecule has 3 rings (SSSR count). The molecule has 25 heavy (non-hydrogen) atoms. The molecule has 2 aliphatic rings. The van der Waals surface area contributed by atoms with Gasteiger partial charge < -0.3 is 9.47 Å². The van der Waals surface area contributed by atoms with Crippen LogP contribution in [0, 0.1) is 0 Å². The van der Waals surface area contributed by atoms with E-state index in [2.05, 4.69) is 4.98 Å². The molecule has 1 saturated heterocycles. The summed E-state index contributed by atoms with van der Waals surface area (Å²) in [4.78, 5) is 31.3. The van der Waals surface area contributed by atoms with Crippen molar-refractivity contribution in [1.29, 1.82) is 0 Å². The summed E-state index contributed by atoms with van der Waals surface area (Å²) in [5, 5.41) is 0. The topological polar surface area (TPSA) is 68.7 Å². The molecule has 2 heterocycles. The zero-order valence-corrected chi connectivity index (χ0v) is 15.2. The van der Waals surface area contributed by atoms with E-state index in [-0.39, 0.29) is 11.9 Å². The smallest absolute Gasteiger partial charge is 0.410 e. The number of Topliss-reactive ketones (excluding diaryl/α,β-unsaturated/α-hetero) is 1. The Bertz CT molecular complexity index is 649. The molecular formula is C19H26N2O4. The average Bonchev–Trinajstić information content (AvgIpc) is 3.37. The number of likely N-dealkylation sites (tertiary alicyclic amines) is 1. The number of carbonyl (C=O) groups excluding carboxylic acids is 2. The lowest BCUT2D eigenvalue weighted by Crippen LogP contribution is -2.49. The summed E-state index contributed by atoms with van der Waals surface area (Å²) in [5.41, 5.74) is -0.133. The average molecular weight is 346 g/mol. The van der Waals surface area contributed by atoms with Crippen LogP contribution in [0.15, 0.2) is 18.5 Å². The Balaban J connectivity index is 1.80. The third kappa shape index (κ3) is 4.50. The molecule has 6 heteroatoms. The number of aromatic nitrogens is 1. The number of carbonyl (C=O) groups is 2. The molecule has 2 fully saturated rings. The van der Waals surface area contributed by atoms with E-state index in [0.29, 0.717) is 24.3 Å². The van der Waals surface area contributed by atoms with Gasteiger partial charge >= 0.3 is 6.09 Å². The summed E-state index contributed by atoms with van der Waals surface area (Å²) in [7, 11) is 0. The molecule has 1 aliphatic heterocycles. The van der Waals surface area contributed by atoms with E-state index < -0.39 is 17.7 Å². The van der Waals surface area contributed by atoms with Gasteiger partial charge in [-0.1, -0.05) is 0 Å². The van der Waals surface area contributed by atoms with Crippen LogP contribution in [0.5, 0.6) is 5.75 Å². The van der Waals surface area contributed by atoms with Crippen LogP contribution in [0.4, 0.5) is 4.79 Å². The van der Waals surface area contributed by atoms with Crippen molar-refractivity contribution in [3.05, 3.63) is 24.0 Å². The highest BCUT2D eigenvalue weighted by Crippen LogP contribution is 2.31. The fraction of sp³-hybridized carbons (Fsp3) is 0.632. The van der Waals surface area contributed by atoms with Crippen molar-refractivity contribution < 1.29 is 19.1 Å². The summed E-state index contributed by atoms with van der Waals surface area (Å²) in [6.45, 7) is 6.02. The third-order valence-corrected chi connectivity index (χ3v) is 4.30. The highest BCUT2D eigenvalue weighted by atomic mass is 16.6. The van der Waals surface area contributed by atoms with E-state index in [1.807, 2.05) is 20.8 Å². The number of nitrogens with zero attached hydrogens (tertiary/aromatic N) is 2. The number of hydrogen-bond acceptors (Lipinski definition) is 5. The molecule has 0 N–H and O–H groups in total. The van der Waals surface area contributed by atoms with Gasteiger partial charge in [-0.2, -0.15) is 0 Å². The summed E-state index contributed by atoms with van der Waals surface area (Å²) in [6, 6.07) is 1.21. The third-order valence-electron chi connectivity index (χ3n) is 4.30. The Hall–Kier alpha value is -2.11. The van der Waals surface area contributed by atoms with Gasteiger partial charge in [0.2, 0.25) is 0 Å². The summed E-state index contributed by atoms with van der Waals surface area (Å²) < 4.78 is 11.3. The number of hydrogen-bond donors (Lipinski definition) is 0. The minimum atomic E-state index is -0.587. The van der Waals surface area contributed by atoms with Gasteiger partial charge in [0, 0.05) is 18.9 Å². The van der Waals surface area contributed by atoms with Gasteiger partial charge in [-0.15, -0.1) is 0 Å². The van der Waals surface area contributed by atoms with Crippen LogP contribution in [0.1, 0.15) is 63.2 Å². The lowest BCUT2D eigenvalue weighted by Gasteiger charge is -2.36. The van der Waals surface area contributed by atoms with Crippen molar-refractivity contribution in [1.82, 2.24) is 9.88 Å². The van der Waals surface area contributed by atoms with Crippen molar-refractivity contribution in [2.24, 2.45) is 0 Å². The molecule has 0 spiro atoms. The Kier molecular flexibility index (Phi) is 4.97. The largest absolute Gasteiger partial charge is 0.490 e. The molecule has 0 unspecified atom stereocenters. The fourth-order valence-electron chi connectivity index (χ4n) is 2.96. The van der Waals surface area contributed by atoms with Crippen molar-refractivity contribution in [3.8, 4) is 5.75 Å². The maximum absolute atomic E-state index is 13.1. The summed E-state index contributed by atoms with van der Waals surface area (Å²) in [5.74, 6) is 0.450. The molecule has 136 valence electrons. The van der Waals surface area contributed by atoms with E-state index >= 15 is 0 Å². The molecule has 1 saturated carbocycles. The first-order valence-electron chi connectivity index (χ1n) is 8.99. The minimum Gasteiger partial charge on any atom is -0.490 e. The predicted molar refractivity (Wildman–Crippen MR) is 92.8 cm³/mol. The maximum atomic E-state index is 13.1. The molecule has 0 radical (unpaired) electrons. The number of amides is 1. The second kappa shape index (κ2) is 7.02. The van der Waals surface area contributed by atoms with Crippen LogP contribution in [0.25, 0.3) is 0 Å². The zero-order valence-electron chi connectivity index (χ0n) is 15.2. The maximum Gasteiger partial charge on any atom is 0.410 e. The molecule has 1 aromatic rings. The van der Waals surface area contributed by atoms with E-state index in [0.717, 1.165) is 25.7 Å². The van der Waals surface area contributed by atoms with Gasteiger partial charge in [0.05, 0.1) is 17.7 Å². The van der Waals surface area contributed by atoms with E-state index in [1.54, 1.807) is 23.4 Å². The van der Waals surface area contributed by atoms with Crippen LogP contribution < -0.4 is 4.74 Å². The van der Waals surface area contributed by atoms with Crippen molar-refractivity contribution in [3.63, 3.8) is 0 Å². The molecule has 0 aromatic carbocycles. The molecule has 0 bridgehead atoms. The van der Waals surface area contributed by atoms with E-state index in [4.69, 9.17) is 9.47 Å². The molecule has 1 atom stereocenters. The number of ketones is 1. The second-order valence-corrected chi connectivity index (χ2v) is 7.74. The first-order valence-corrected chi connectivity index (χ1v) is 8.99. The molecule has 1 aromatic heterocycles. The summed E-state index contributed by atoms with van der Waals surface area (Å²) >= 11 is 0. The number of rotatable bonds is 4. The van der Waals surface area contributed by atoms with Gasteiger partial charge in [0.1, 0.15) is 11.4 Å². The zero-order chi connectivity index (χ0) is 18.0. The van der Waals surface area contributed by atoms with Crippen molar-refractivity contribution in [2.75, 3.05) is 6.54 Å². The van der Waals surface area contributed by atoms with Gasteiger partial charge in [-0.05, 0) is 58.9 Å². The minimum absolute atomic E-state index is 0.116. The molecule has 1 aliphatic carbocycles. The van der Waals surface area contributed by atoms with Gasteiger partial charge in [-0.3, -0.25) is 14.7 Å². The van der Waals surface area contributed by atoms with Crippen molar-refractivity contribution >= 4 is 11.9 Å². The lowest BCUT2D eigenvalue weighted by molar-refractivity contribution is 0.0104. The standard InChI is InChI=1S/C19H26N2O4/c1-19(2,3)25-18(23)21-11-5-4-6-15(21)17(22)14-12-20-10-9-16(14)24-13-7-8-13/h9-10,12-13,15H,4-8,11H2,1-3H3/t15-/m1/s1. The normalized spacial score (nSPS) is 20.9. The van der Waals surface area contributed by atoms with Crippen LogP contribution >= 0.6 is 0 Å². The van der Waals surface area contributed by atoms with Gasteiger partial charge in [-0.25, -0.2) is 4.79 Å². The van der Waals surface area contributed by atoms with Gasteiger partial charge in [0.15, 0.2) is 5.78 Å². The Morgan fingerprint density at radius 1 is 1.20 bits per heavy atom. The van der Waals surface area contributed by atoms with Crippen LogP contribution in [0.3, 0.4) is 0 Å². The van der Waals surface area contributed by atoms with Gasteiger partial charge in [0.25, 0.3) is 0 Å². The molecular weight excluding hydrogens is 320 g/mol. The number of pyridine rings is 1. The van der Waals surface area contributed by atoms with Crippen molar-refractivity contribution in [2.45, 2.75) is 70.6 Å². The van der Waals surface area contributed by atoms with Crippen LogP contribution in [0.2, 0.25) is 0 Å². The number of piperidine rings is 1. The Labute approximate surface area is 148 Å². The predicted octanol–water partition coefficient (Wildman–Crippen LogP) is 3.60. The van der Waals surface area contributed by atoms with E-state index in [9.17, 15) is 9.59 Å². The first kappa shape index (κ1) is 17.7. The Morgan fingerprint density at radius 2 is 1.96 bits per heavy atom. The van der Waals surface area contributed by atoms with E-state index in [1.165, 1.54) is 0 Å². The molecule has 1 amide bonds.